The first-order valence-electron chi connectivity index (χ1n) is 16.2. The van der Waals surface area contributed by atoms with Crippen LogP contribution in [0.4, 0.5) is 0 Å². The van der Waals surface area contributed by atoms with Crippen LogP contribution in [0, 0.1) is 0 Å². The number of rotatable bonds is 3. The van der Waals surface area contributed by atoms with Gasteiger partial charge in [-0.1, -0.05) is 152 Å². The number of fused-ring (bicyclic) bond motifs is 8. The molecule has 0 amide bonds. The second-order valence-corrected chi connectivity index (χ2v) is 12.4. The highest BCUT2D eigenvalue weighted by Gasteiger charge is 2.18. The molecule has 1 aromatic heterocycles. The quantitative estimate of drug-likeness (QED) is 0.185. The zero-order valence-electron chi connectivity index (χ0n) is 25.6. The van der Waals surface area contributed by atoms with Gasteiger partial charge >= 0.3 is 0 Å². The molecule has 10 aromatic rings. The molecule has 9 aromatic carbocycles. The zero-order valence-corrected chi connectivity index (χ0v) is 25.6. The van der Waals surface area contributed by atoms with Gasteiger partial charge in [0.1, 0.15) is 11.2 Å². The van der Waals surface area contributed by atoms with Crippen LogP contribution in [-0.2, 0) is 0 Å². The molecule has 0 bridgehead atoms. The minimum Gasteiger partial charge on any atom is -0.456 e. The molecule has 47 heavy (non-hydrogen) atoms. The highest BCUT2D eigenvalue weighted by atomic mass is 16.3. The second-order valence-electron chi connectivity index (χ2n) is 12.4. The van der Waals surface area contributed by atoms with Crippen LogP contribution in [0.25, 0.3) is 98.4 Å². The van der Waals surface area contributed by atoms with E-state index in [4.69, 9.17) is 4.42 Å². The zero-order chi connectivity index (χ0) is 30.9. The van der Waals surface area contributed by atoms with Crippen LogP contribution in [0.15, 0.2) is 174 Å². The average molecular weight is 597 g/mol. The molecule has 0 fully saturated rings. The van der Waals surface area contributed by atoms with Gasteiger partial charge in [-0.15, -0.1) is 0 Å². The van der Waals surface area contributed by atoms with Gasteiger partial charge in [0, 0.05) is 10.8 Å². The largest absolute Gasteiger partial charge is 0.456 e. The van der Waals surface area contributed by atoms with Gasteiger partial charge < -0.3 is 4.42 Å². The molecule has 10 rings (SSSR count). The summed E-state index contributed by atoms with van der Waals surface area (Å²) in [5, 5.41) is 12.4. The van der Waals surface area contributed by atoms with E-state index in [9.17, 15) is 0 Å². The van der Waals surface area contributed by atoms with Gasteiger partial charge in [-0.2, -0.15) is 0 Å². The molecular weight excluding hydrogens is 569 g/mol. The van der Waals surface area contributed by atoms with E-state index in [0.717, 1.165) is 11.2 Å². The van der Waals surface area contributed by atoms with Gasteiger partial charge in [0.25, 0.3) is 0 Å². The van der Waals surface area contributed by atoms with Crippen molar-refractivity contribution in [2.75, 3.05) is 0 Å². The average Bonchev–Trinajstić information content (AvgIpc) is 3.53. The third-order valence-electron chi connectivity index (χ3n) is 9.84. The molecule has 0 aliphatic carbocycles. The maximum absolute atomic E-state index is 6.38. The van der Waals surface area contributed by atoms with Crippen molar-refractivity contribution in [3.8, 4) is 33.4 Å². The Balaban J connectivity index is 1.18. The third-order valence-corrected chi connectivity index (χ3v) is 9.84. The van der Waals surface area contributed by atoms with Crippen LogP contribution >= 0.6 is 0 Å². The summed E-state index contributed by atoms with van der Waals surface area (Å²) in [6.45, 7) is 0. The fourth-order valence-electron chi connectivity index (χ4n) is 7.74. The molecule has 0 unspecified atom stereocenters. The normalized spacial score (nSPS) is 11.8. The molecule has 0 aliphatic rings. The minimum atomic E-state index is 0.916. The SMILES string of the molecule is c1ccc2cc(-c3c4ccccc4c(-c4ccc(-c5cccc6oc7ccc8ccccc8c7c56)cc4)c4ccccc34)ccc2c1. The predicted octanol–water partition coefficient (Wildman–Crippen LogP) is 13.2. The van der Waals surface area contributed by atoms with Crippen LogP contribution in [0.3, 0.4) is 0 Å². The highest BCUT2D eigenvalue weighted by Crippen LogP contribution is 2.45. The summed E-state index contributed by atoms with van der Waals surface area (Å²) in [4.78, 5) is 0. The predicted molar refractivity (Wildman–Crippen MR) is 200 cm³/mol. The van der Waals surface area contributed by atoms with E-state index >= 15 is 0 Å². The van der Waals surface area contributed by atoms with Gasteiger partial charge in [0.2, 0.25) is 0 Å². The summed E-state index contributed by atoms with van der Waals surface area (Å²) < 4.78 is 6.38. The number of hydrogen-bond acceptors (Lipinski definition) is 1. The maximum atomic E-state index is 6.38. The lowest BCUT2D eigenvalue weighted by molar-refractivity contribution is 0.669. The lowest BCUT2D eigenvalue weighted by atomic mass is 9.85. The molecule has 1 heteroatoms. The number of hydrogen-bond donors (Lipinski definition) is 0. The molecule has 0 atom stereocenters. The Morgan fingerprint density at radius 2 is 0.809 bits per heavy atom. The summed E-state index contributed by atoms with van der Waals surface area (Å²) in [6.07, 6.45) is 0. The van der Waals surface area contributed by atoms with Gasteiger partial charge in [-0.3, -0.25) is 0 Å². The van der Waals surface area contributed by atoms with Crippen LogP contribution in [0.1, 0.15) is 0 Å². The van der Waals surface area contributed by atoms with Crippen LogP contribution in [0.5, 0.6) is 0 Å². The van der Waals surface area contributed by atoms with E-state index < -0.39 is 0 Å². The Kier molecular flexibility index (Phi) is 5.64. The Morgan fingerprint density at radius 3 is 1.51 bits per heavy atom. The molecule has 1 heterocycles. The van der Waals surface area contributed by atoms with Crippen molar-refractivity contribution < 1.29 is 4.42 Å². The van der Waals surface area contributed by atoms with Crippen molar-refractivity contribution in [1.29, 1.82) is 0 Å². The fraction of sp³-hybridized carbons (Fsp3) is 0. The van der Waals surface area contributed by atoms with Crippen LogP contribution < -0.4 is 0 Å². The first-order valence-corrected chi connectivity index (χ1v) is 16.2. The summed E-state index contributed by atoms with van der Waals surface area (Å²) in [5.41, 5.74) is 9.21. The van der Waals surface area contributed by atoms with Crippen molar-refractivity contribution in [2.45, 2.75) is 0 Å². The molecule has 0 N–H and O–H groups in total. The topological polar surface area (TPSA) is 13.1 Å². The number of furan rings is 1. The smallest absolute Gasteiger partial charge is 0.136 e. The van der Waals surface area contributed by atoms with Crippen molar-refractivity contribution >= 4 is 65.0 Å². The Bertz CT molecular complexity index is 2780. The summed E-state index contributed by atoms with van der Waals surface area (Å²) in [5.74, 6) is 0. The van der Waals surface area contributed by atoms with E-state index in [1.54, 1.807) is 0 Å². The van der Waals surface area contributed by atoms with Crippen molar-refractivity contribution in [3.63, 3.8) is 0 Å². The standard InChI is InChI=1S/C46H28O/c1-2-12-33-28-34(25-20-29(33)10-1)44-39-16-7-5-14-37(39)43(38-15-6-8-17-40(38)44)32-23-21-31(22-24-32)36-18-9-19-41-45(36)46-35-13-4-3-11-30(35)26-27-42(46)47-41/h1-28H. The Labute approximate surface area is 271 Å². The van der Waals surface area contributed by atoms with Gasteiger partial charge in [0.15, 0.2) is 0 Å². The fourth-order valence-corrected chi connectivity index (χ4v) is 7.74. The Hall–Kier alpha value is -6.18. The minimum absolute atomic E-state index is 0.916. The summed E-state index contributed by atoms with van der Waals surface area (Å²) in [6, 6.07) is 61.6. The first kappa shape index (κ1) is 26.1. The third kappa shape index (κ3) is 3.97. The molecule has 218 valence electrons. The molecule has 0 spiro atoms. The number of benzene rings is 9. The van der Waals surface area contributed by atoms with Crippen LogP contribution in [0.2, 0.25) is 0 Å². The van der Waals surface area contributed by atoms with Crippen molar-refractivity contribution in [2.24, 2.45) is 0 Å². The van der Waals surface area contributed by atoms with E-state index in [-0.39, 0.29) is 0 Å². The first-order chi connectivity index (χ1) is 23.3. The second kappa shape index (κ2) is 10.2. The Morgan fingerprint density at radius 1 is 0.298 bits per heavy atom. The van der Waals surface area contributed by atoms with E-state index in [0.29, 0.717) is 0 Å². The highest BCUT2D eigenvalue weighted by molar-refractivity contribution is 6.24. The van der Waals surface area contributed by atoms with E-state index in [1.165, 1.54) is 87.2 Å². The molecule has 0 radical (unpaired) electrons. The molecular formula is C46H28O. The van der Waals surface area contributed by atoms with Crippen molar-refractivity contribution in [3.05, 3.63) is 170 Å². The van der Waals surface area contributed by atoms with Gasteiger partial charge in [-0.25, -0.2) is 0 Å². The lowest BCUT2D eigenvalue weighted by Gasteiger charge is -2.18. The maximum Gasteiger partial charge on any atom is 0.136 e. The molecule has 0 saturated heterocycles. The van der Waals surface area contributed by atoms with Gasteiger partial charge in [-0.05, 0) is 94.7 Å². The summed E-state index contributed by atoms with van der Waals surface area (Å²) >= 11 is 0. The van der Waals surface area contributed by atoms with E-state index in [2.05, 4.69) is 170 Å². The van der Waals surface area contributed by atoms with Crippen LogP contribution in [-0.4, -0.2) is 0 Å². The monoisotopic (exact) mass is 596 g/mol. The van der Waals surface area contributed by atoms with E-state index in [1.807, 2.05) is 0 Å². The van der Waals surface area contributed by atoms with Crippen molar-refractivity contribution in [1.82, 2.24) is 0 Å². The van der Waals surface area contributed by atoms with Gasteiger partial charge in [0.05, 0.1) is 0 Å². The summed E-state index contributed by atoms with van der Waals surface area (Å²) in [7, 11) is 0. The molecule has 0 saturated carbocycles. The lowest BCUT2D eigenvalue weighted by Crippen LogP contribution is -1.91. The molecule has 0 aliphatic heterocycles. The molecule has 1 nitrogen and oxygen atoms in total.